The smallest absolute Gasteiger partial charge is 0.229 e. The third kappa shape index (κ3) is 3.77. The minimum atomic E-state index is -0.0791. The molecule has 0 spiro atoms. The summed E-state index contributed by atoms with van der Waals surface area (Å²) in [6.07, 6.45) is 4.54. The second-order valence-corrected chi connectivity index (χ2v) is 6.27. The summed E-state index contributed by atoms with van der Waals surface area (Å²) in [7, 11) is 0. The molecular weight excluding hydrogens is 334 g/mol. The molecule has 3 heterocycles. The average Bonchev–Trinajstić information content (AvgIpc) is 3.40. The van der Waals surface area contributed by atoms with Crippen LogP contribution in [0.15, 0.2) is 42.9 Å². The summed E-state index contributed by atoms with van der Waals surface area (Å²) in [4.78, 5) is 12.4. The minimum absolute atomic E-state index is 0.0791. The Labute approximate surface area is 150 Å². The Hall–Kier alpha value is -3.07. The van der Waals surface area contributed by atoms with Gasteiger partial charge in [0.15, 0.2) is 0 Å². The van der Waals surface area contributed by atoms with E-state index in [1.54, 1.807) is 10.9 Å². The van der Waals surface area contributed by atoms with Crippen LogP contribution in [0.5, 0.6) is 0 Å². The Morgan fingerprint density at radius 2 is 2.15 bits per heavy atom. The van der Waals surface area contributed by atoms with Gasteiger partial charge in [0.1, 0.15) is 12.1 Å². The first-order valence-corrected chi connectivity index (χ1v) is 8.49. The third-order valence-electron chi connectivity index (χ3n) is 4.35. The molecule has 0 saturated carbocycles. The monoisotopic (exact) mass is 353 g/mol. The molecule has 0 radical (unpaired) electrons. The van der Waals surface area contributed by atoms with Crippen LogP contribution in [-0.4, -0.2) is 49.1 Å². The van der Waals surface area contributed by atoms with Gasteiger partial charge in [-0.2, -0.15) is 5.10 Å². The molecule has 1 aliphatic rings. The van der Waals surface area contributed by atoms with Gasteiger partial charge in [0.25, 0.3) is 0 Å². The van der Waals surface area contributed by atoms with Crippen molar-refractivity contribution in [1.29, 1.82) is 0 Å². The van der Waals surface area contributed by atoms with E-state index in [2.05, 4.69) is 25.9 Å². The fraction of sp³-hybridized carbons (Fsp3) is 0.353. The molecule has 1 aromatic carbocycles. The first-order chi connectivity index (χ1) is 12.8. The molecule has 0 bridgehead atoms. The maximum atomic E-state index is 12.4. The maximum Gasteiger partial charge on any atom is 0.229 e. The van der Waals surface area contributed by atoms with E-state index in [-0.39, 0.29) is 12.3 Å². The number of benzene rings is 1. The molecule has 1 amide bonds. The lowest BCUT2D eigenvalue weighted by Gasteiger charge is -2.12. The summed E-state index contributed by atoms with van der Waals surface area (Å²) in [6, 6.07) is 9.36. The van der Waals surface area contributed by atoms with Crippen molar-refractivity contribution in [1.82, 2.24) is 30.0 Å². The van der Waals surface area contributed by atoms with Gasteiger partial charge >= 0.3 is 0 Å². The topological polar surface area (TPSA) is 99.8 Å². The Balaban J connectivity index is 1.36. The second kappa shape index (κ2) is 7.44. The Kier molecular flexibility index (Phi) is 4.69. The van der Waals surface area contributed by atoms with Crippen molar-refractivity contribution in [3.63, 3.8) is 0 Å². The summed E-state index contributed by atoms with van der Waals surface area (Å²) in [6.45, 7) is 2.30. The molecule has 3 aromatic rings. The maximum absolute atomic E-state index is 12.4. The van der Waals surface area contributed by atoms with E-state index in [1.165, 1.54) is 6.33 Å². The summed E-state index contributed by atoms with van der Waals surface area (Å²) >= 11 is 0. The lowest BCUT2D eigenvalue weighted by Crippen LogP contribution is -2.20. The van der Waals surface area contributed by atoms with E-state index in [9.17, 15) is 4.79 Å². The molecule has 0 unspecified atom stereocenters. The molecule has 2 aromatic heterocycles. The van der Waals surface area contributed by atoms with Crippen molar-refractivity contribution in [2.75, 3.05) is 18.5 Å². The Morgan fingerprint density at radius 1 is 1.27 bits per heavy atom. The Bertz CT molecular complexity index is 852. The number of anilines is 1. The van der Waals surface area contributed by atoms with Crippen LogP contribution < -0.4 is 5.32 Å². The Morgan fingerprint density at radius 3 is 2.88 bits per heavy atom. The highest BCUT2D eigenvalue weighted by Gasteiger charge is 2.18. The van der Waals surface area contributed by atoms with Crippen molar-refractivity contribution >= 4 is 11.7 Å². The second-order valence-electron chi connectivity index (χ2n) is 6.27. The number of ether oxygens (including phenoxy) is 1. The molecule has 9 nitrogen and oxygen atoms in total. The number of rotatable bonds is 6. The van der Waals surface area contributed by atoms with E-state index < -0.39 is 0 Å². The molecular formula is C17H19N7O2. The van der Waals surface area contributed by atoms with Crippen LogP contribution in [0, 0.1) is 5.92 Å². The predicted octanol–water partition coefficient (Wildman–Crippen LogP) is 1.08. The van der Waals surface area contributed by atoms with Gasteiger partial charge in [0.2, 0.25) is 5.91 Å². The summed E-state index contributed by atoms with van der Waals surface area (Å²) < 4.78 is 8.80. The highest BCUT2D eigenvalue weighted by atomic mass is 16.5. The number of aromatic nitrogens is 6. The van der Waals surface area contributed by atoms with E-state index in [0.717, 1.165) is 37.4 Å². The number of carbonyl (C=O) groups excluding carboxylic acids is 1. The highest BCUT2D eigenvalue weighted by molar-refractivity contribution is 5.91. The van der Waals surface area contributed by atoms with Crippen molar-refractivity contribution in [3.8, 4) is 5.69 Å². The van der Waals surface area contributed by atoms with Crippen LogP contribution in [0.1, 0.15) is 12.0 Å². The SMILES string of the molecule is O=C(Cc1ccc(-n2cnnn2)cc1)Nc1ccnn1C[C@H]1CCOC1. The van der Waals surface area contributed by atoms with Gasteiger partial charge < -0.3 is 10.1 Å². The predicted molar refractivity (Wildman–Crippen MR) is 92.6 cm³/mol. The molecule has 1 atom stereocenters. The molecule has 26 heavy (non-hydrogen) atoms. The molecule has 134 valence electrons. The summed E-state index contributed by atoms with van der Waals surface area (Å²) in [5.41, 5.74) is 1.76. The number of amides is 1. The van der Waals surface area contributed by atoms with Crippen molar-refractivity contribution in [2.24, 2.45) is 5.92 Å². The largest absolute Gasteiger partial charge is 0.381 e. The van der Waals surface area contributed by atoms with Gasteiger partial charge in [0.05, 0.1) is 24.9 Å². The van der Waals surface area contributed by atoms with Gasteiger partial charge in [0, 0.05) is 25.1 Å². The van der Waals surface area contributed by atoms with Crippen LogP contribution in [0.2, 0.25) is 0 Å². The van der Waals surface area contributed by atoms with Crippen molar-refractivity contribution in [2.45, 2.75) is 19.4 Å². The molecule has 1 saturated heterocycles. The van der Waals surface area contributed by atoms with Crippen LogP contribution >= 0.6 is 0 Å². The summed E-state index contributed by atoms with van der Waals surface area (Å²) in [5, 5.41) is 18.3. The quantitative estimate of drug-likeness (QED) is 0.712. The van der Waals surface area contributed by atoms with E-state index >= 15 is 0 Å². The fourth-order valence-electron chi connectivity index (χ4n) is 2.97. The van der Waals surface area contributed by atoms with E-state index in [4.69, 9.17) is 4.74 Å². The van der Waals surface area contributed by atoms with E-state index in [0.29, 0.717) is 11.7 Å². The third-order valence-corrected chi connectivity index (χ3v) is 4.35. The van der Waals surface area contributed by atoms with Gasteiger partial charge in [-0.25, -0.2) is 9.36 Å². The molecule has 1 aliphatic heterocycles. The first kappa shape index (κ1) is 16.4. The van der Waals surface area contributed by atoms with Crippen LogP contribution in [0.25, 0.3) is 5.69 Å². The normalized spacial score (nSPS) is 16.7. The lowest BCUT2D eigenvalue weighted by atomic mass is 10.1. The van der Waals surface area contributed by atoms with Gasteiger partial charge in [-0.1, -0.05) is 12.1 Å². The van der Waals surface area contributed by atoms with Gasteiger partial charge in [-0.15, -0.1) is 5.10 Å². The standard InChI is InChI=1S/C17H19N7O2/c25-17(9-13-1-3-15(4-2-13)24-12-18-21-22-24)20-16-5-7-19-23(16)10-14-6-8-26-11-14/h1-5,7,12,14H,6,8-11H2,(H,20,25)/t14-/m1/s1. The molecule has 4 rings (SSSR count). The number of hydrogen-bond donors (Lipinski definition) is 1. The number of tetrazole rings is 1. The van der Waals surface area contributed by atoms with Crippen molar-refractivity contribution < 1.29 is 9.53 Å². The zero-order valence-corrected chi connectivity index (χ0v) is 14.2. The van der Waals surface area contributed by atoms with Crippen LogP contribution in [0.3, 0.4) is 0 Å². The fourth-order valence-corrected chi connectivity index (χ4v) is 2.97. The van der Waals surface area contributed by atoms with E-state index in [1.807, 2.05) is 35.0 Å². The van der Waals surface area contributed by atoms with Crippen LogP contribution in [-0.2, 0) is 22.5 Å². The number of nitrogens with one attached hydrogen (secondary N) is 1. The summed E-state index contributed by atoms with van der Waals surface area (Å²) in [5.74, 6) is 1.08. The van der Waals surface area contributed by atoms with Gasteiger partial charge in [-0.05, 0) is 34.5 Å². The van der Waals surface area contributed by atoms with Gasteiger partial charge in [-0.3, -0.25) is 4.79 Å². The number of nitrogens with zero attached hydrogens (tertiary/aromatic N) is 6. The minimum Gasteiger partial charge on any atom is -0.381 e. The zero-order chi connectivity index (χ0) is 17.8. The number of carbonyl (C=O) groups is 1. The first-order valence-electron chi connectivity index (χ1n) is 8.49. The van der Waals surface area contributed by atoms with Crippen molar-refractivity contribution in [3.05, 3.63) is 48.4 Å². The molecule has 0 aliphatic carbocycles. The molecule has 1 N–H and O–H groups in total. The number of hydrogen-bond acceptors (Lipinski definition) is 6. The van der Waals surface area contributed by atoms with Crippen LogP contribution in [0.4, 0.5) is 5.82 Å². The average molecular weight is 353 g/mol. The molecule has 1 fully saturated rings. The highest BCUT2D eigenvalue weighted by Crippen LogP contribution is 2.17. The zero-order valence-electron chi connectivity index (χ0n) is 14.2. The lowest BCUT2D eigenvalue weighted by molar-refractivity contribution is -0.115. The molecule has 9 heteroatoms.